The lowest BCUT2D eigenvalue weighted by Gasteiger charge is -2.41. The first-order valence-electron chi connectivity index (χ1n) is 18.7. The molecule has 0 saturated carbocycles. The van der Waals surface area contributed by atoms with Crippen molar-refractivity contribution in [3.63, 3.8) is 0 Å². The van der Waals surface area contributed by atoms with Gasteiger partial charge in [0, 0.05) is 40.2 Å². The molecule has 1 heterocycles. The Hall–Kier alpha value is -3.13. The summed E-state index contributed by atoms with van der Waals surface area (Å²) in [4.78, 5) is 57.5. The van der Waals surface area contributed by atoms with Gasteiger partial charge in [0.05, 0.1) is 41.7 Å². The third kappa shape index (κ3) is 11.9. The molecule has 13 heteroatoms. The number of nitrogens with zero attached hydrogens (tertiary/aromatic N) is 2. The first-order valence-corrected chi connectivity index (χ1v) is 19.1. The van der Waals surface area contributed by atoms with Crippen LogP contribution < -0.4 is 16.0 Å². The van der Waals surface area contributed by atoms with Gasteiger partial charge in [-0.3, -0.25) is 14.4 Å². The molecule has 1 aliphatic rings. The smallest absolute Gasteiger partial charge is 0.326 e. The fraction of sp³-hybridized carbons (Fsp3) is 0.718. The fourth-order valence-electron chi connectivity index (χ4n) is 7.40. The number of hydrogen-bond donors (Lipinski definition) is 4. The Labute approximate surface area is 317 Å². The standard InChI is InChI=1S/C39H65N5O7S/c1-12-25(6)34(43(9)38(47)33(24(4)5)42-36(46)32(40-8)23(2)3)30(50-10)22-31(45)44-20-16-19-29(44)35(51-11)26(7)37(52)41-28(39(48)49)21-27-17-14-13-15-18-27/h13-15,17-18,23-26,28-30,32-35,40H,12,16,19-22H2,1-11H3,(H,41,52)(H,42,46)(H,48,49)/t25?,26?,28?,29-,30?,32?,33?,34?,35?/m0/s1. The minimum absolute atomic E-state index is 0.0152. The van der Waals surface area contributed by atoms with Gasteiger partial charge in [0.1, 0.15) is 12.1 Å². The normalized spacial score (nSPS) is 19.2. The number of rotatable bonds is 21. The molecule has 0 aliphatic carbocycles. The Morgan fingerprint density at radius 1 is 0.981 bits per heavy atom. The van der Waals surface area contributed by atoms with Crippen molar-refractivity contribution in [1.29, 1.82) is 0 Å². The van der Waals surface area contributed by atoms with E-state index in [1.54, 1.807) is 33.2 Å². The minimum atomic E-state index is -1.00. The van der Waals surface area contributed by atoms with Crippen LogP contribution in [0.5, 0.6) is 0 Å². The average molecular weight is 748 g/mol. The fourth-order valence-corrected chi connectivity index (χ4v) is 7.68. The number of ether oxygens (including phenoxy) is 2. The van der Waals surface area contributed by atoms with Crippen molar-refractivity contribution in [3.8, 4) is 0 Å². The number of carboxylic acids is 1. The Kier molecular flexibility index (Phi) is 18.7. The van der Waals surface area contributed by atoms with Crippen molar-refractivity contribution in [1.82, 2.24) is 25.8 Å². The number of thiocarbonyl (C=S) groups is 1. The zero-order chi connectivity index (χ0) is 39.3. The number of hydrogen-bond acceptors (Lipinski definition) is 8. The van der Waals surface area contributed by atoms with E-state index in [1.807, 2.05) is 83.7 Å². The van der Waals surface area contributed by atoms with Crippen molar-refractivity contribution in [2.75, 3.05) is 34.9 Å². The highest BCUT2D eigenvalue weighted by molar-refractivity contribution is 7.80. The molecule has 2 rings (SSSR count). The lowest BCUT2D eigenvalue weighted by atomic mass is 9.89. The molecule has 9 atom stereocenters. The Bertz CT molecular complexity index is 1310. The van der Waals surface area contributed by atoms with Crippen LogP contribution in [-0.4, -0.2) is 121 Å². The van der Waals surface area contributed by atoms with Crippen LogP contribution in [0.2, 0.25) is 0 Å². The lowest BCUT2D eigenvalue weighted by Crippen LogP contribution is -2.59. The van der Waals surface area contributed by atoms with E-state index in [0.29, 0.717) is 18.0 Å². The zero-order valence-electron chi connectivity index (χ0n) is 33.2. The van der Waals surface area contributed by atoms with Crippen molar-refractivity contribution in [2.45, 2.75) is 123 Å². The van der Waals surface area contributed by atoms with Gasteiger partial charge in [-0.25, -0.2) is 4.79 Å². The molecule has 12 nitrogen and oxygen atoms in total. The highest BCUT2D eigenvalue weighted by Gasteiger charge is 2.42. The van der Waals surface area contributed by atoms with Crippen LogP contribution in [0.3, 0.4) is 0 Å². The molecule has 0 radical (unpaired) electrons. The van der Waals surface area contributed by atoms with Gasteiger partial charge in [0.15, 0.2) is 0 Å². The van der Waals surface area contributed by atoms with E-state index in [2.05, 4.69) is 16.0 Å². The summed E-state index contributed by atoms with van der Waals surface area (Å²) in [5, 5.41) is 19.0. The van der Waals surface area contributed by atoms with Crippen LogP contribution in [0.4, 0.5) is 0 Å². The van der Waals surface area contributed by atoms with E-state index in [4.69, 9.17) is 21.7 Å². The second kappa shape index (κ2) is 21.5. The predicted octanol–water partition coefficient (Wildman–Crippen LogP) is 3.90. The maximum Gasteiger partial charge on any atom is 0.326 e. The molecule has 52 heavy (non-hydrogen) atoms. The van der Waals surface area contributed by atoms with E-state index in [9.17, 15) is 24.3 Å². The average Bonchev–Trinajstić information content (AvgIpc) is 3.59. The number of aliphatic carboxylic acids is 1. The number of nitrogens with one attached hydrogen (secondary N) is 3. The van der Waals surface area contributed by atoms with Crippen LogP contribution in [0.1, 0.15) is 79.7 Å². The summed E-state index contributed by atoms with van der Waals surface area (Å²) in [7, 11) is 6.61. The summed E-state index contributed by atoms with van der Waals surface area (Å²) in [6, 6.07) is 6.53. The maximum absolute atomic E-state index is 14.2. The third-order valence-corrected chi connectivity index (χ3v) is 11.1. The highest BCUT2D eigenvalue weighted by Crippen LogP contribution is 2.30. The number of carboxylic acid groups (broad SMARTS) is 1. The molecule has 1 aliphatic heterocycles. The van der Waals surface area contributed by atoms with Crippen LogP contribution in [0, 0.1) is 23.7 Å². The molecule has 1 aromatic rings. The SMILES string of the molecule is CCC(C)C(C(CC(=O)N1CCC[C@H]1C(OC)C(C)C(=S)NC(Cc1ccccc1)C(=O)O)OC)N(C)C(=O)C(NC(=O)C(NC)C(C)C)C(C)C. The third-order valence-electron chi connectivity index (χ3n) is 10.6. The molecule has 1 fully saturated rings. The number of likely N-dealkylation sites (tertiary alicyclic amines) is 1. The topological polar surface area (TPSA) is 150 Å². The monoisotopic (exact) mass is 747 g/mol. The number of methoxy groups -OCH3 is 2. The van der Waals surface area contributed by atoms with Gasteiger partial charge in [-0.2, -0.15) is 0 Å². The summed E-state index contributed by atoms with van der Waals surface area (Å²) in [6.45, 7) is 14.2. The zero-order valence-corrected chi connectivity index (χ0v) is 34.0. The Balaban J connectivity index is 2.26. The van der Waals surface area contributed by atoms with E-state index in [1.165, 1.54) is 0 Å². The summed E-state index contributed by atoms with van der Waals surface area (Å²) in [5.41, 5.74) is 0.877. The second-order valence-corrected chi connectivity index (χ2v) is 15.4. The predicted molar refractivity (Wildman–Crippen MR) is 208 cm³/mol. The van der Waals surface area contributed by atoms with Gasteiger partial charge < -0.3 is 40.3 Å². The van der Waals surface area contributed by atoms with Crippen LogP contribution in [0.25, 0.3) is 0 Å². The first kappa shape index (κ1) is 45.0. The molecular weight excluding hydrogens is 683 g/mol. The van der Waals surface area contributed by atoms with Gasteiger partial charge in [0.25, 0.3) is 0 Å². The number of benzene rings is 1. The molecule has 4 N–H and O–H groups in total. The van der Waals surface area contributed by atoms with E-state index in [-0.39, 0.29) is 60.3 Å². The molecule has 1 aromatic carbocycles. The summed E-state index contributed by atoms with van der Waals surface area (Å²) in [5.74, 6) is -2.13. The largest absolute Gasteiger partial charge is 0.480 e. The van der Waals surface area contributed by atoms with Crippen molar-refractivity contribution < 1.29 is 33.8 Å². The van der Waals surface area contributed by atoms with Gasteiger partial charge in [0.2, 0.25) is 17.7 Å². The molecule has 0 aromatic heterocycles. The molecule has 1 saturated heterocycles. The molecular formula is C39H65N5O7S. The molecule has 0 bridgehead atoms. The number of likely N-dealkylation sites (N-methyl/N-ethyl adjacent to an activating group) is 2. The van der Waals surface area contributed by atoms with Crippen molar-refractivity contribution in [3.05, 3.63) is 35.9 Å². The van der Waals surface area contributed by atoms with Gasteiger partial charge in [-0.1, -0.05) is 97.4 Å². The van der Waals surface area contributed by atoms with Crippen molar-refractivity contribution in [2.24, 2.45) is 23.7 Å². The second-order valence-electron chi connectivity index (χ2n) is 14.9. The van der Waals surface area contributed by atoms with Crippen molar-refractivity contribution >= 4 is 40.9 Å². The highest BCUT2D eigenvalue weighted by atomic mass is 32.1. The maximum atomic E-state index is 14.2. The Morgan fingerprint density at radius 2 is 1.60 bits per heavy atom. The minimum Gasteiger partial charge on any atom is -0.480 e. The van der Waals surface area contributed by atoms with E-state index < -0.39 is 42.3 Å². The molecule has 3 amide bonds. The van der Waals surface area contributed by atoms with Gasteiger partial charge in [-0.05, 0) is 43.2 Å². The summed E-state index contributed by atoms with van der Waals surface area (Å²) in [6.07, 6.45) is 1.44. The van der Waals surface area contributed by atoms with Crippen LogP contribution >= 0.6 is 12.2 Å². The van der Waals surface area contributed by atoms with E-state index in [0.717, 1.165) is 18.4 Å². The molecule has 8 unspecified atom stereocenters. The lowest BCUT2D eigenvalue weighted by molar-refractivity contribution is -0.147. The molecule has 294 valence electrons. The summed E-state index contributed by atoms with van der Waals surface area (Å²) < 4.78 is 12.0. The van der Waals surface area contributed by atoms with Gasteiger partial charge in [-0.15, -0.1) is 0 Å². The quantitative estimate of drug-likeness (QED) is 0.137. The van der Waals surface area contributed by atoms with E-state index >= 15 is 0 Å². The Morgan fingerprint density at radius 3 is 2.10 bits per heavy atom. The molecule has 0 spiro atoms. The first-order chi connectivity index (χ1) is 24.5. The van der Waals surface area contributed by atoms with Crippen LogP contribution in [0.15, 0.2) is 30.3 Å². The summed E-state index contributed by atoms with van der Waals surface area (Å²) >= 11 is 5.74. The van der Waals surface area contributed by atoms with Crippen LogP contribution in [-0.2, 0) is 35.1 Å². The van der Waals surface area contributed by atoms with Gasteiger partial charge >= 0.3 is 5.97 Å². The number of carbonyl (C=O) groups is 4. The number of amides is 3. The number of carbonyl (C=O) groups excluding carboxylic acids is 3.